The molecule has 1 aliphatic rings. The summed E-state index contributed by atoms with van der Waals surface area (Å²) in [5.41, 5.74) is 0. The molecule has 0 aliphatic carbocycles. The number of rotatable bonds is 8. The van der Waals surface area contributed by atoms with Gasteiger partial charge in [-0.15, -0.1) is 0 Å². The Bertz CT molecular complexity index is 821. The zero-order chi connectivity index (χ0) is 21.5. The number of likely N-dealkylation sites (N-methyl/N-ethyl adjacent to an activating group) is 1. The second kappa shape index (κ2) is 10.2. The van der Waals surface area contributed by atoms with Gasteiger partial charge < -0.3 is 19.0 Å². The van der Waals surface area contributed by atoms with Crippen molar-refractivity contribution in [3.05, 3.63) is 54.2 Å². The number of nitrogens with zero attached hydrogens (tertiary/aromatic N) is 3. The minimum absolute atomic E-state index is 0.0657. The van der Waals surface area contributed by atoms with Crippen LogP contribution >= 0.6 is 0 Å². The molecule has 1 atom stereocenters. The van der Waals surface area contributed by atoms with Crippen LogP contribution in [-0.2, 0) is 4.79 Å². The van der Waals surface area contributed by atoms with Gasteiger partial charge in [-0.05, 0) is 50.2 Å². The second-order valence-electron chi connectivity index (χ2n) is 7.11. The minimum Gasteiger partial charge on any atom is -0.492 e. The Labute approximate surface area is 176 Å². The van der Waals surface area contributed by atoms with E-state index in [0.717, 1.165) is 0 Å². The molecule has 162 valence electrons. The first-order valence-corrected chi connectivity index (χ1v) is 10.3. The highest BCUT2D eigenvalue weighted by Gasteiger charge is 2.38. The number of amides is 2. The summed E-state index contributed by atoms with van der Waals surface area (Å²) in [6.07, 6.45) is 1.46. The van der Waals surface area contributed by atoms with Gasteiger partial charge in [-0.2, -0.15) is 0 Å². The number of piperazine rings is 1. The summed E-state index contributed by atoms with van der Waals surface area (Å²) in [6.45, 7) is 7.51. The summed E-state index contributed by atoms with van der Waals surface area (Å²) >= 11 is 0. The predicted molar refractivity (Wildman–Crippen MR) is 110 cm³/mol. The van der Waals surface area contributed by atoms with Crippen LogP contribution < -0.4 is 4.74 Å². The first-order valence-electron chi connectivity index (χ1n) is 10.3. The third-order valence-corrected chi connectivity index (χ3v) is 5.31. The quantitative estimate of drug-likeness (QED) is 0.660. The Balaban J connectivity index is 1.65. The number of ether oxygens (including phenoxy) is 1. The highest BCUT2D eigenvalue weighted by Crippen LogP contribution is 2.17. The van der Waals surface area contributed by atoms with Crippen molar-refractivity contribution in [2.24, 2.45) is 0 Å². The molecule has 1 saturated heterocycles. The average Bonchev–Trinajstić information content (AvgIpc) is 3.30. The molecule has 0 radical (unpaired) electrons. The van der Waals surface area contributed by atoms with Crippen LogP contribution in [0.5, 0.6) is 5.75 Å². The lowest BCUT2D eigenvalue weighted by molar-refractivity contribution is -0.138. The molecule has 8 heteroatoms. The van der Waals surface area contributed by atoms with E-state index in [-0.39, 0.29) is 23.4 Å². The molecule has 0 saturated carbocycles. The van der Waals surface area contributed by atoms with E-state index in [1.54, 1.807) is 34.1 Å². The van der Waals surface area contributed by atoms with Crippen molar-refractivity contribution in [2.45, 2.75) is 19.9 Å². The second-order valence-corrected chi connectivity index (χ2v) is 7.11. The Morgan fingerprint density at radius 3 is 2.53 bits per heavy atom. The molecule has 1 aromatic heterocycles. The molecule has 30 heavy (non-hydrogen) atoms. The van der Waals surface area contributed by atoms with E-state index < -0.39 is 6.04 Å². The number of furan rings is 1. The normalized spacial score (nSPS) is 17.0. The van der Waals surface area contributed by atoms with Gasteiger partial charge in [-0.3, -0.25) is 14.5 Å². The molecular weight excluding hydrogens is 389 g/mol. The topological polar surface area (TPSA) is 66.2 Å². The van der Waals surface area contributed by atoms with Crippen molar-refractivity contribution in [1.29, 1.82) is 0 Å². The molecular formula is C22H28FN3O4. The van der Waals surface area contributed by atoms with Crippen LogP contribution in [0.2, 0.25) is 0 Å². The summed E-state index contributed by atoms with van der Waals surface area (Å²) in [7, 11) is 0. The largest absolute Gasteiger partial charge is 0.492 e. The van der Waals surface area contributed by atoms with E-state index in [4.69, 9.17) is 9.15 Å². The summed E-state index contributed by atoms with van der Waals surface area (Å²) in [5.74, 6) is 0.188. The number of hydrogen-bond acceptors (Lipinski definition) is 5. The fraction of sp³-hybridized carbons (Fsp3) is 0.455. The highest BCUT2D eigenvalue weighted by molar-refractivity contribution is 5.95. The molecule has 2 heterocycles. The summed E-state index contributed by atoms with van der Waals surface area (Å²) in [4.78, 5) is 31.5. The Kier molecular flexibility index (Phi) is 7.46. The van der Waals surface area contributed by atoms with Gasteiger partial charge in [0.25, 0.3) is 5.91 Å². The maximum absolute atomic E-state index is 13.1. The SMILES string of the molecule is CCN(CC)C(=O)C1CN(CCOc2ccc(F)cc2)CCN1C(=O)c1ccco1. The third kappa shape index (κ3) is 5.18. The zero-order valence-electron chi connectivity index (χ0n) is 17.4. The van der Waals surface area contributed by atoms with Crippen molar-refractivity contribution in [3.63, 3.8) is 0 Å². The summed E-state index contributed by atoms with van der Waals surface area (Å²) < 4.78 is 24.0. The molecule has 3 rings (SSSR count). The van der Waals surface area contributed by atoms with E-state index >= 15 is 0 Å². The van der Waals surface area contributed by atoms with Crippen molar-refractivity contribution in [2.75, 3.05) is 45.9 Å². The molecule has 1 fully saturated rings. The van der Waals surface area contributed by atoms with Crippen LogP contribution in [0.3, 0.4) is 0 Å². The average molecular weight is 417 g/mol. The smallest absolute Gasteiger partial charge is 0.290 e. The van der Waals surface area contributed by atoms with Crippen LogP contribution in [0.25, 0.3) is 0 Å². The third-order valence-electron chi connectivity index (χ3n) is 5.31. The highest BCUT2D eigenvalue weighted by atomic mass is 19.1. The Morgan fingerprint density at radius 2 is 1.90 bits per heavy atom. The lowest BCUT2D eigenvalue weighted by atomic mass is 10.1. The minimum atomic E-state index is -0.581. The lowest BCUT2D eigenvalue weighted by Gasteiger charge is -2.41. The first kappa shape index (κ1) is 21.8. The number of carbonyl (C=O) groups excluding carboxylic acids is 2. The molecule has 7 nitrogen and oxygen atoms in total. The van der Waals surface area contributed by atoms with Gasteiger partial charge in [0, 0.05) is 39.3 Å². The Hall–Kier alpha value is -2.87. The fourth-order valence-corrected chi connectivity index (χ4v) is 3.61. The van der Waals surface area contributed by atoms with Gasteiger partial charge in [0.05, 0.1) is 6.26 Å². The van der Waals surface area contributed by atoms with Crippen molar-refractivity contribution >= 4 is 11.8 Å². The van der Waals surface area contributed by atoms with Crippen molar-refractivity contribution in [3.8, 4) is 5.75 Å². The van der Waals surface area contributed by atoms with Crippen LogP contribution in [0.1, 0.15) is 24.4 Å². The van der Waals surface area contributed by atoms with Crippen molar-refractivity contribution in [1.82, 2.24) is 14.7 Å². The molecule has 0 bridgehead atoms. The molecule has 1 unspecified atom stereocenters. The van der Waals surface area contributed by atoms with Gasteiger partial charge >= 0.3 is 0 Å². The maximum Gasteiger partial charge on any atom is 0.290 e. The predicted octanol–water partition coefficient (Wildman–Crippen LogP) is 2.49. The summed E-state index contributed by atoms with van der Waals surface area (Å²) in [5, 5.41) is 0. The molecule has 0 N–H and O–H groups in total. The van der Waals surface area contributed by atoms with Gasteiger partial charge in [0.15, 0.2) is 5.76 Å². The zero-order valence-corrected chi connectivity index (χ0v) is 17.4. The van der Waals surface area contributed by atoms with E-state index in [9.17, 15) is 14.0 Å². The number of hydrogen-bond donors (Lipinski definition) is 0. The van der Waals surface area contributed by atoms with Crippen LogP contribution in [0, 0.1) is 5.82 Å². The molecule has 1 aromatic carbocycles. The van der Waals surface area contributed by atoms with Gasteiger partial charge in [-0.1, -0.05) is 0 Å². The monoisotopic (exact) mass is 417 g/mol. The van der Waals surface area contributed by atoms with Crippen LogP contribution in [0.4, 0.5) is 4.39 Å². The van der Waals surface area contributed by atoms with E-state index in [2.05, 4.69) is 4.90 Å². The van der Waals surface area contributed by atoms with Crippen LogP contribution in [-0.4, -0.2) is 78.4 Å². The van der Waals surface area contributed by atoms with Crippen molar-refractivity contribution < 1.29 is 23.1 Å². The van der Waals surface area contributed by atoms with E-state index in [1.807, 2.05) is 13.8 Å². The number of benzene rings is 1. The number of carbonyl (C=O) groups is 2. The standard InChI is InChI=1S/C22H28FN3O4/c1-3-25(4-2)21(27)19-16-24(13-15-29-18-9-7-17(23)8-10-18)11-12-26(19)22(28)20-6-5-14-30-20/h5-10,14,19H,3-4,11-13,15-16H2,1-2H3. The number of halogens is 1. The molecule has 0 spiro atoms. The maximum atomic E-state index is 13.1. The first-order chi connectivity index (χ1) is 14.5. The fourth-order valence-electron chi connectivity index (χ4n) is 3.61. The lowest BCUT2D eigenvalue weighted by Crippen LogP contribution is -2.61. The van der Waals surface area contributed by atoms with Crippen LogP contribution in [0.15, 0.2) is 47.1 Å². The van der Waals surface area contributed by atoms with Gasteiger partial charge in [0.1, 0.15) is 24.2 Å². The van der Waals surface area contributed by atoms with Gasteiger partial charge in [0.2, 0.25) is 5.91 Å². The summed E-state index contributed by atoms with van der Waals surface area (Å²) in [6, 6.07) is 8.58. The molecule has 1 aliphatic heterocycles. The van der Waals surface area contributed by atoms with Gasteiger partial charge in [-0.25, -0.2) is 4.39 Å². The Morgan fingerprint density at radius 1 is 1.17 bits per heavy atom. The molecule has 2 amide bonds. The molecule has 2 aromatic rings. The van der Waals surface area contributed by atoms with E-state index in [1.165, 1.54) is 18.4 Å². The van der Waals surface area contributed by atoms with E-state index in [0.29, 0.717) is 51.6 Å².